The molecule has 156 valence electrons. The number of amides is 1. The Morgan fingerprint density at radius 3 is 2.53 bits per heavy atom. The summed E-state index contributed by atoms with van der Waals surface area (Å²) in [4.78, 5) is 33.4. The molecule has 0 unspecified atom stereocenters. The molecule has 30 heavy (non-hydrogen) atoms. The van der Waals surface area contributed by atoms with E-state index in [4.69, 9.17) is 23.2 Å². The fourth-order valence-corrected chi connectivity index (χ4v) is 4.17. The van der Waals surface area contributed by atoms with Crippen LogP contribution in [0.3, 0.4) is 0 Å². The van der Waals surface area contributed by atoms with Gasteiger partial charge in [-0.15, -0.1) is 0 Å². The van der Waals surface area contributed by atoms with Gasteiger partial charge in [0.05, 0.1) is 10.0 Å². The predicted molar refractivity (Wildman–Crippen MR) is 117 cm³/mol. The van der Waals surface area contributed by atoms with Crippen molar-refractivity contribution in [1.29, 1.82) is 0 Å². The van der Waals surface area contributed by atoms with Gasteiger partial charge >= 0.3 is 5.97 Å². The molecular weight excluding hydrogens is 427 g/mol. The minimum Gasteiger partial charge on any atom is -0.477 e. The van der Waals surface area contributed by atoms with Crippen LogP contribution in [0.5, 0.6) is 0 Å². The van der Waals surface area contributed by atoms with Gasteiger partial charge in [-0.2, -0.15) is 0 Å². The van der Waals surface area contributed by atoms with Crippen LogP contribution in [0.25, 0.3) is 10.8 Å². The summed E-state index contributed by atoms with van der Waals surface area (Å²) in [6.07, 6.45) is 1.40. The third kappa shape index (κ3) is 3.82. The number of hydrogen-bond acceptors (Lipinski definition) is 4. The molecule has 0 saturated carbocycles. The molecule has 9 heteroatoms. The Balaban J connectivity index is 1.49. The monoisotopic (exact) mass is 446 g/mol. The number of anilines is 1. The number of aryl methyl sites for hydroxylation is 1. The first-order valence-electron chi connectivity index (χ1n) is 9.57. The third-order valence-electron chi connectivity index (χ3n) is 5.35. The third-order valence-corrected chi connectivity index (χ3v) is 6.30. The fraction of sp³-hybridized carbons (Fsp3) is 0.286. The van der Waals surface area contributed by atoms with Gasteiger partial charge in [0.2, 0.25) is 0 Å². The zero-order valence-corrected chi connectivity index (χ0v) is 17.7. The Labute approximate surface area is 183 Å². The molecule has 3 aromatic rings. The number of rotatable bonds is 4. The van der Waals surface area contributed by atoms with E-state index in [0.717, 1.165) is 10.8 Å². The Hall–Kier alpha value is -2.77. The molecule has 0 bridgehead atoms. The molecule has 3 N–H and O–H groups in total. The quantitative estimate of drug-likeness (QED) is 0.555. The van der Waals surface area contributed by atoms with Crippen LogP contribution < -0.4 is 10.2 Å². The first-order valence-corrected chi connectivity index (χ1v) is 10.3. The number of carboxylic acids is 1. The number of carbonyl (C=O) groups is 2. The summed E-state index contributed by atoms with van der Waals surface area (Å²) in [6, 6.07) is 9.17. The highest BCUT2D eigenvalue weighted by atomic mass is 35.5. The van der Waals surface area contributed by atoms with Crippen molar-refractivity contribution >= 4 is 51.7 Å². The SMILES string of the molecule is Cc1[nH]c(C(=O)NC2CCN(c3nc(C(=O)O)cc4ccccc34)CC2)c(Cl)c1Cl. The molecule has 0 radical (unpaired) electrons. The van der Waals surface area contributed by atoms with Gasteiger partial charge < -0.3 is 20.3 Å². The molecule has 1 aliphatic rings. The topological polar surface area (TPSA) is 98.3 Å². The normalized spacial score (nSPS) is 14.8. The molecule has 0 aliphatic carbocycles. The van der Waals surface area contributed by atoms with Gasteiger partial charge in [-0.05, 0) is 31.2 Å². The smallest absolute Gasteiger partial charge is 0.354 e. The van der Waals surface area contributed by atoms with Crippen molar-refractivity contribution in [2.75, 3.05) is 18.0 Å². The van der Waals surface area contributed by atoms with Crippen molar-refractivity contribution in [3.63, 3.8) is 0 Å². The van der Waals surface area contributed by atoms with Gasteiger partial charge in [0.1, 0.15) is 11.5 Å². The Morgan fingerprint density at radius 2 is 1.90 bits per heavy atom. The average molecular weight is 447 g/mol. The summed E-state index contributed by atoms with van der Waals surface area (Å²) < 4.78 is 0. The van der Waals surface area contributed by atoms with E-state index < -0.39 is 5.97 Å². The summed E-state index contributed by atoms with van der Waals surface area (Å²) >= 11 is 12.2. The van der Waals surface area contributed by atoms with Crippen molar-refractivity contribution in [3.8, 4) is 0 Å². The molecule has 2 aromatic heterocycles. The van der Waals surface area contributed by atoms with Crippen LogP contribution >= 0.6 is 23.2 Å². The first-order chi connectivity index (χ1) is 14.3. The number of benzene rings is 1. The van der Waals surface area contributed by atoms with Crippen molar-refractivity contribution in [1.82, 2.24) is 15.3 Å². The lowest BCUT2D eigenvalue weighted by molar-refractivity contribution is 0.0690. The van der Waals surface area contributed by atoms with Crippen LogP contribution in [-0.2, 0) is 0 Å². The average Bonchev–Trinajstić information content (AvgIpc) is 3.01. The van der Waals surface area contributed by atoms with Crippen LogP contribution in [0, 0.1) is 6.92 Å². The summed E-state index contributed by atoms with van der Waals surface area (Å²) in [7, 11) is 0. The second kappa shape index (κ2) is 8.16. The van der Waals surface area contributed by atoms with Gasteiger partial charge in [-0.25, -0.2) is 9.78 Å². The number of aromatic carboxylic acids is 1. The molecule has 1 fully saturated rings. The van der Waals surface area contributed by atoms with Gasteiger partial charge in [0, 0.05) is 30.2 Å². The Morgan fingerprint density at radius 1 is 1.20 bits per heavy atom. The summed E-state index contributed by atoms with van der Waals surface area (Å²) in [5.41, 5.74) is 0.939. The second-order valence-electron chi connectivity index (χ2n) is 7.35. The number of carbonyl (C=O) groups excluding carboxylic acids is 1. The van der Waals surface area contributed by atoms with Crippen LogP contribution in [0.1, 0.15) is 39.5 Å². The first kappa shape index (κ1) is 20.5. The number of nitrogens with zero attached hydrogens (tertiary/aromatic N) is 2. The molecule has 1 aromatic carbocycles. The second-order valence-corrected chi connectivity index (χ2v) is 8.10. The lowest BCUT2D eigenvalue weighted by atomic mass is 10.0. The van der Waals surface area contributed by atoms with Crippen LogP contribution in [0.4, 0.5) is 5.82 Å². The van der Waals surface area contributed by atoms with E-state index in [-0.39, 0.29) is 28.4 Å². The highest BCUT2D eigenvalue weighted by molar-refractivity contribution is 6.44. The van der Waals surface area contributed by atoms with Crippen LogP contribution in [0.2, 0.25) is 10.0 Å². The highest BCUT2D eigenvalue weighted by Crippen LogP contribution is 2.30. The summed E-state index contributed by atoms with van der Waals surface area (Å²) in [6.45, 7) is 3.04. The number of halogens is 2. The molecule has 1 aliphatic heterocycles. The van der Waals surface area contributed by atoms with E-state index >= 15 is 0 Å². The van der Waals surface area contributed by atoms with Crippen molar-refractivity contribution < 1.29 is 14.7 Å². The lowest BCUT2D eigenvalue weighted by Crippen LogP contribution is -2.45. The molecule has 7 nitrogen and oxygen atoms in total. The van der Waals surface area contributed by atoms with Gasteiger partial charge in [-0.1, -0.05) is 47.5 Å². The molecule has 1 saturated heterocycles. The standard InChI is InChI=1S/C21H20Cl2N4O3/c1-11-16(22)17(23)18(24-11)20(28)25-13-6-8-27(9-7-13)19-14-5-3-2-4-12(14)10-15(26-19)21(29)30/h2-5,10,13,24H,6-9H2,1H3,(H,25,28)(H,29,30). The minimum atomic E-state index is -1.05. The van der Waals surface area contributed by atoms with E-state index in [1.54, 1.807) is 13.0 Å². The fourth-order valence-electron chi connectivity index (χ4n) is 3.75. The van der Waals surface area contributed by atoms with Gasteiger partial charge in [0.15, 0.2) is 5.69 Å². The van der Waals surface area contributed by atoms with E-state index in [1.165, 1.54) is 0 Å². The number of pyridine rings is 1. The van der Waals surface area contributed by atoms with Gasteiger partial charge in [0.25, 0.3) is 5.91 Å². The minimum absolute atomic E-state index is 0.0211. The molecule has 4 rings (SSSR count). The Kier molecular flexibility index (Phi) is 5.58. The maximum atomic E-state index is 12.6. The van der Waals surface area contributed by atoms with Gasteiger partial charge in [-0.3, -0.25) is 4.79 Å². The van der Waals surface area contributed by atoms with Crippen molar-refractivity contribution in [2.24, 2.45) is 0 Å². The molecule has 3 heterocycles. The summed E-state index contributed by atoms with van der Waals surface area (Å²) in [5, 5.41) is 14.7. The number of aromatic nitrogens is 2. The zero-order valence-electron chi connectivity index (χ0n) is 16.2. The van der Waals surface area contributed by atoms with E-state index in [2.05, 4.69) is 20.2 Å². The Bertz CT molecular complexity index is 1140. The van der Waals surface area contributed by atoms with Crippen LogP contribution in [-0.4, -0.2) is 46.1 Å². The number of H-pyrrole nitrogens is 1. The molecule has 0 atom stereocenters. The predicted octanol–water partition coefficient (Wildman–Crippen LogP) is 4.28. The molecule has 1 amide bonds. The maximum absolute atomic E-state index is 12.6. The highest BCUT2D eigenvalue weighted by Gasteiger charge is 2.26. The molecule has 0 spiro atoms. The number of aromatic amines is 1. The van der Waals surface area contributed by atoms with E-state index in [1.807, 2.05) is 24.3 Å². The van der Waals surface area contributed by atoms with Crippen molar-refractivity contribution in [3.05, 3.63) is 57.5 Å². The summed E-state index contributed by atoms with van der Waals surface area (Å²) in [5.74, 6) is -0.684. The van der Waals surface area contributed by atoms with E-state index in [9.17, 15) is 14.7 Å². The largest absolute Gasteiger partial charge is 0.477 e. The molecular formula is C21H20Cl2N4O3. The zero-order chi connectivity index (χ0) is 21.4. The van der Waals surface area contributed by atoms with Crippen LogP contribution in [0.15, 0.2) is 30.3 Å². The van der Waals surface area contributed by atoms with E-state index in [0.29, 0.717) is 42.5 Å². The number of nitrogens with one attached hydrogen (secondary N) is 2. The number of hydrogen-bond donors (Lipinski definition) is 3. The maximum Gasteiger partial charge on any atom is 0.354 e. The number of piperidine rings is 1. The number of carboxylic acid groups (broad SMARTS) is 1. The van der Waals surface area contributed by atoms with Crippen molar-refractivity contribution in [2.45, 2.75) is 25.8 Å². The lowest BCUT2D eigenvalue weighted by Gasteiger charge is -2.33. The number of fused-ring (bicyclic) bond motifs is 1.